The Labute approximate surface area is 141 Å². The minimum Gasteiger partial charge on any atom is -0.489 e. The third-order valence-electron chi connectivity index (χ3n) is 4.28. The first-order valence-electron chi connectivity index (χ1n) is 7.87. The molecule has 0 fully saturated rings. The summed E-state index contributed by atoms with van der Waals surface area (Å²) < 4.78 is 7.32. The maximum absolute atomic E-state index is 6.18. The molecular weight excluding hydrogens is 338 g/mol. The highest BCUT2D eigenvalue weighted by Gasteiger charge is 2.22. The molecule has 3 rings (SSSR count). The van der Waals surface area contributed by atoms with Crippen molar-refractivity contribution in [3.05, 3.63) is 63.6 Å². The normalized spacial score (nSPS) is 18.4. The molecule has 0 radical (unpaired) electrons. The Balaban J connectivity index is 1.85. The zero-order valence-corrected chi connectivity index (χ0v) is 14.8. The lowest BCUT2D eigenvalue weighted by atomic mass is 10.1. The Bertz CT molecular complexity index is 656. The zero-order valence-electron chi connectivity index (χ0n) is 13.2. The second-order valence-electron chi connectivity index (χ2n) is 6.00. The van der Waals surface area contributed by atoms with E-state index >= 15 is 0 Å². The van der Waals surface area contributed by atoms with Crippen molar-refractivity contribution < 1.29 is 4.74 Å². The third-order valence-corrected chi connectivity index (χ3v) is 4.78. The second-order valence-corrected chi connectivity index (χ2v) is 6.91. The SMILES string of the molecule is CCC1CN(Cc2cc(Br)ccc2C)Cc2ccccc2O1. The molecule has 1 aliphatic rings. The van der Waals surface area contributed by atoms with Crippen molar-refractivity contribution >= 4 is 15.9 Å². The van der Waals surface area contributed by atoms with E-state index < -0.39 is 0 Å². The maximum Gasteiger partial charge on any atom is 0.124 e. The van der Waals surface area contributed by atoms with Crippen molar-refractivity contribution in [2.24, 2.45) is 0 Å². The van der Waals surface area contributed by atoms with Crippen LogP contribution in [0.1, 0.15) is 30.0 Å². The molecule has 0 aliphatic carbocycles. The second kappa shape index (κ2) is 6.84. The summed E-state index contributed by atoms with van der Waals surface area (Å²) >= 11 is 3.58. The van der Waals surface area contributed by atoms with E-state index in [4.69, 9.17) is 4.74 Å². The molecule has 22 heavy (non-hydrogen) atoms. The quantitative estimate of drug-likeness (QED) is 0.770. The number of hydrogen-bond acceptors (Lipinski definition) is 2. The van der Waals surface area contributed by atoms with Gasteiger partial charge in [-0.3, -0.25) is 4.90 Å². The number of halogens is 1. The van der Waals surface area contributed by atoms with Crippen LogP contribution < -0.4 is 4.74 Å². The van der Waals surface area contributed by atoms with Crippen molar-refractivity contribution in [1.29, 1.82) is 0 Å². The summed E-state index contributed by atoms with van der Waals surface area (Å²) in [6.45, 7) is 7.25. The van der Waals surface area contributed by atoms with Gasteiger partial charge in [0.15, 0.2) is 0 Å². The Morgan fingerprint density at radius 3 is 2.86 bits per heavy atom. The van der Waals surface area contributed by atoms with Crippen LogP contribution in [0.5, 0.6) is 5.75 Å². The first kappa shape index (κ1) is 15.6. The molecule has 0 aromatic heterocycles. The number of nitrogens with zero attached hydrogens (tertiary/aromatic N) is 1. The van der Waals surface area contributed by atoms with Crippen molar-refractivity contribution in [1.82, 2.24) is 4.90 Å². The first-order chi connectivity index (χ1) is 10.7. The van der Waals surface area contributed by atoms with Crippen molar-refractivity contribution in [3.63, 3.8) is 0 Å². The van der Waals surface area contributed by atoms with Crippen LogP contribution in [0, 0.1) is 6.92 Å². The molecule has 0 spiro atoms. The fourth-order valence-corrected chi connectivity index (χ4v) is 3.35. The van der Waals surface area contributed by atoms with Crippen LogP contribution in [0.15, 0.2) is 46.9 Å². The molecule has 2 aromatic carbocycles. The molecular formula is C19H22BrNO. The van der Waals surface area contributed by atoms with E-state index in [9.17, 15) is 0 Å². The highest BCUT2D eigenvalue weighted by Crippen LogP contribution is 2.27. The summed E-state index contributed by atoms with van der Waals surface area (Å²) in [5.74, 6) is 1.04. The topological polar surface area (TPSA) is 12.5 Å². The number of fused-ring (bicyclic) bond motifs is 1. The van der Waals surface area contributed by atoms with Gasteiger partial charge in [0.25, 0.3) is 0 Å². The predicted octanol–water partition coefficient (Wildman–Crippen LogP) is 4.93. The van der Waals surface area contributed by atoms with Crippen LogP contribution in [0.25, 0.3) is 0 Å². The van der Waals surface area contributed by atoms with Gasteiger partial charge in [-0.2, -0.15) is 0 Å². The molecule has 2 nitrogen and oxygen atoms in total. The van der Waals surface area contributed by atoms with Gasteiger partial charge in [-0.15, -0.1) is 0 Å². The van der Waals surface area contributed by atoms with Crippen LogP contribution in [-0.2, 0) is 13.1 Å². The van der Waals surface area contributed by atoms with Gasteiger partial charge in [-0.25, -0.2) is 0 Å². The van der Waals surface area contributed by atoms with Crippen LogP contribution in [0.3, 0.4) is 0 Å². The Kier molecular flexibility index (Phi) is 4.84. The molecule has 0 saturated carbocycles. The summed E-state index contributed by atoms with van der Waals surface area (Å²) in [4.78, 5) is 2.49. The largest absolute Gasteiger partial charge is 0.489 e. The molecule has 1 atom stereocenters. The van der Waals surface area contributed by atoms with E-state index in [1.807, 2.05) is 0 Å². The number of ether oxygens (including phenoxy) is 1. The van der Waals surface area contributed by atoms with E-state index in [1.165, 1.54) is 16.7 Å². The fraction of sp³-hybridized carbons (Fsp3) is 0.368. The van der Waals surface area contributed by atoms with Crippen LogP contribution in [-0.4, -0.2) is 17.5 Å². The Hall–Kier alpha value is -1.32. The van der Waals surface area contributed by atoms with Gasteiger partial charge < -0.3 is 4.74 Å². The number of hydrogen-bond donors (Lipinski definition) is 0. The first-order valence-corrected chi connectivity index (χ1v) is 8.67. The fourth-order valence-electron chi connectivity index (χ4n) is 2.94. The molecule has 2 aromatic rings. The van der Waals surface area contributed by atoms with Crippen LogP contribution >= 0.6 is 15.9 Å². The zero-order chi connectivity index (χ0) is 15.5. The molecule has 0 bridgehead atoms. The molecule has 1 aliphatic heterocycles. The summed E-state index contributed by atoms with van der Waals surface area (Å²) in [6.07, 6.45) is 1.29. The minimum absolute atomic E-state index is 0.260. The van der Waals surface area contributed by atoms with E-state index in [2.05, 4.69) is 77.1 Å². The molecule has 1 heterocycles. The molecule has 1 unspecified atom stereocenters. The molecule has 0 saturated heterocycles. The number of para-hydroxylation sites is 1. The van der Waals surface area contributed by atoms with Gasteiger partial charge in [0.05, 0.1) is 0 Å². The van der Waals surface area contributed by atoms with Crippen molar-refractivity contribution in [2.75, 3.05) is 6.54 Å². The summed E-state index contributed by atoms with van der Waals surface area (Å²) in [5, 5.41) is 0. The lowest BCUT2D eigenvalue weighted by molar-refractivity contribution is 0.139. The highest BCUT2D eigenvalue weighted by molar-refractivity contribution is 9.10. The number of aryl methyl sites for hydroxylation is 1. The molecule has 0 N–H and O–H groups in total. The average molecular weight is 360 g/mol. The maximum atomic E-state index is 6.18. The van der Waals surface area contributed by atoms with Crippen LogP contribution in [0.2, 0.25) is 0 Å². The van der Waals surface area contributed by atoms with Gasteiger partial charge in [0.1, 0.15) is 11.9 Å². The Morgan fingerprint density at radius 2 is 2.05 bits per heavy atom. The molecule has 0 amide bonds. The van der Waals surface area contributed by atoms with Crippen molar-refractivity contribution in [3.8, 4) is 5.75 Å². The number of rotatable bonds is 3. The lowest BCUT2D eigenvalue weighted by Gasteiger charge is -2.24. The standard InChI is InChI=1S/C19H22BrNO/c1-3-18-13-21(11-15-6-4-5-7-19(15)22-18)12-16-10-17(20)9-8-14(16)2/h4-10,18H,3,11-13H2,1-2H3. The smallest absolute Gasteiger partial charge is 0.124 e. The average Bonchev–Trinajstić information content (AvgIpc) is 2.69. The van der Waals surface area contributed by atoms with Gasteiger partial charge >= 0.3 is 0 Å². The predicted molar refractivity (Wildman–Crippen MR) is 94.1 cm³/mol. The molecule has 3 heteroatoms. The van der Waals surface area contributed by atoms with Gasteiger partial charge in [-0.05, 0) is 42.7 Å². The van der Waals surface area contributed by atoms with E-state index in [-0.39, 0.29) is 6.10 Å². The minimum atomic E-state index is 0.260. The van der Waals surface area contributed by atoms with Gasteiger partial charge in [-0.1, -0.05) is 47.1 Å². The van der Waals surface area contributed by atoms with E-state index in [0.717, 1.165) is 36.3 Å². The monoisotopic (exact) mass is 359 g/mol. The lowest BCUT2D eigenvalue weighted by Crippen LogP contribution is -2.32. The third kappa shape index (κ3) is 3.53. The molecule has 116 valence electrons. The summed E-state index contributed by atoms with van der Waals surface area (Å²) in [6, 6.07) is 14.9. The Morgan fingerprint density at radius 1 is 1.23 bits per heavy atom. The van der Waals surface area contributed by atoms with Crippen molar-refractivity contribution in [2.45, 2.75) is 39.5 Å². The highest BCUT2D eigenvalue weighted by atomic mass is 79.9. The van der Waals surface area contributed by atoms with E-state index in [1.54, 1.807) is 0 Å². The summed E-state index contributed by atoms with van der Waals surface area (Å²) in [7, 11) is 0. The summed E-state index contributed by atoms with van der Waals surface area (Å²) in [5.41, 5.74) is 4.00. The van der Waals surface area contributed by atoms with Crippen LogP contribution in [0.4, 0.5) is 0 Å². The van der Waals surface area contributed by atoms with E-state index in [0.29, 0.717) is 0 Å². The number of benzene rings is 2. The van der Waals surface area contributed by atoms with Gasteiger partial charge in [0.2, 0.25) is 0 Å². The van der Waals surface area contributed by atoms with Gasteiger partial charge in [0, 0.05) is 29.7 Å².